The molecule has 1 aromatic rings. The van der Waals surface area contributed by atoms with Crippen LogP contribution in [-0.4, -0.2) is 36.4 Å². The lowest BCUT2D eigenvalue weighted by molar-refractivity contribution is -0.120. The van der Waals surface area contributed by atoms with Gasteiger partial charge in [-0.3, -0.25) is 4.79 Å². The van der Waals surface area contributed by atoms with Crippen LogP contribution in [0.2, 0.25) is 5.02 Å². The lowest BCUT2D eigenvalue weighted by Crippen LogP contribution is -2.54. The molecule has 0 unspecified atom stereocenters. The van der Waals surface area contributed by atoms with Crippen LogP contribution in [0.1, 0.15) is 29.6 Å². The van der Waals surface area contributed by atoms with Crippen molar-refractivity contribution in [3.05, 3.63) is 28.8 Å². The van der Waals surface area contributed by atoms with E-state index in [1.165, 1.54) is 18.2 Å². The van der Waals surface area contributed by atoms with Gasteiger partial charge in [0.2, 0.25) is 5.91 Å². The molecule has 0 aliphatic heterocycles. The number of carbonyl (C=O) groups excluding carboxylic acids is 1. The van der Waals surface area contributed by atoms with Crippen LogP contribution in [0.3, 0.4) is 0 Å². The molecule has 1 amide bonds. The molecule has 21 heavy (non-hydrogen) atoms. The number of nitrogens with one attached hydrogen (secondary N) is 1. The molecular weight excluding hydrogens is 318 g/mol. The van der Waals surface area contributed by atoms with E-state index in [4.69, 9.17) is 16.7 Å². The van der Waals surface area contributed by atoms with E-state index in [2.05, 4.69) is 5.32 Å². The zero-order chi connectivity index (χ0) is 15.8. The average Bonchev–Trinajstić information content (AvgIpc) is 2.24. The van der Waals surface area contributed by atoms with Crippen molar-refractivity contribution >= 4 is 39.0 Å². The van der Waals surface area contributed by atoms with Crippen LogP contribution >= 0.6 is 11.6 Å². The maximum Gasteiger partial charge on any atom is 0.337 e. The van der Waals surface area contributed by atoms with Crippen molar-refractivity contribution in [3.8, 4) is 0 Å². The Balaban J connectivity index is 2.24. The molecule has 2 rings (SSSR count). The van der Waals surface area contributed by atoms with E-state index in [-0.39, 0.29) is 16.3 Å². The molecule has 0 saturated heterocycles. The zero-order valence-corrected chi connectivity index (χ0v) is 12.8. The molecule has 1 saturated carbocycles. The highest BCUT2D eigenvalue weighted by Gasteiger charge is 2.52. The van der Waals surface area contributed by atoms with E-state index < -0.39 is 26.5 Å². The Labute approximate surface area is 127 Å². The van der Waals surface area contributed by atoms with Gasteiger partial charge in [0.1, 0.15) is 0 Å². The van der Waals surface area contributed by atoms with E-state index in [1.54, 1.807) is 0 Å². The van der Waals surface area contributed by atoms with Crippen molar-refractivity contribution in [1.82, 2.24) is 0 Å². The molecule has 0 atom stereocenters. The summed E-state index contributed by atoms with van der Waals surface area (Å²) in [6.45, 7) is 0. The van der Waals surface area contributed by atoms with Crippen molar-refractivity contribution in [2.75, 3.05) is 11.6 Å². The van der Waals surface area contributed by atoms with Crippen LogP contribution in [0, 0.1) is 0 Å². The van der Waals surface area contributed by atoms with Gasteiger partial charge in [0.25, 0.3) is 0 Å². The number of carboxylic acid groups (broad SMARTS) is 1. The minimum Gasteiger partial charge on any atom is -0.478 e. The number of amides is 1. The summed E-state index contributed by atoms with van der Waals surface area (Å²) in [5.74, 6) is -1.78. The summed E-state index contributed by atoms with van der Waals surface area (Å²) >= 11 is 5.81. The maximum absolute atomic E-state index is 12.2. The highest BCUT2D eigenvalue weighted by molar-refractivity contribution is 7.93. The number of anilines is 1. The molecule has 0 bridgehead atoms. The SMILES string of the molecule is CS(=O)(=O)C1(C(=O)Nc2ccc(C(=O)O)c(Cl)c2)CCC1. The fourth-order valence-electron chi connectivity index (χ4n) is 2.28. The third-order valence-electron chi connectivity index (χ3n) is 3.74. The van der Waals surface area contributed by atoms with Gasteiger partial charge >= 0.3 is 5.97 Å². The molecule has 1 aromatic carbocycles. The van der Waals surface area contributed by atoms with Gasteiger partial charge in [-0.15, -0.1) is 0 Å². The number of carboxylic acids is 1. The molecule has 0 heterocycles. The summed E-state index contributed by atoms with van der Waals surface area (Å²) in [4.78, 5) is 23.1. The first-order chi connectivity index (χ1) is 9.67. The van der Waals surface area contributed by atoms with E-state index in [9.17, 15) is 18.0 Å². The Bertz CT molecular complexity index is 709. The smallest absolute Gasteiger partial charge is 0.337 e. The first-order valence-electron chi connectivity index (χ1n) is 6.21. The molecule has 0 aromatic heterocycles. The molecule has 1 aliphatic carbocycles. The van der Waals surface area contributed by atoms with E-state index in [0.29, 0.717) is 19.3 Å². The third kappa shape index (κ3) is 2.75. The van der Waals surface area contributed by atoms with E-state index in [1.807, 2.05) is 0 Å². The zero-order valence-electron chi connectivity index (χ0n) is 11.2. The van der Waals surface area contributed by atoms with Crippen LogP contribution in [0.25, 0.3) is 0 Å². The van der Waals surface area contributed by atoms with E-state index in [0.717, 1.165) is 6.26 Å². The van der Waals surface area contributed by atoms with Crippen molar-refractivity contribution in [2.24, 2.45) is 0 Å². The maximum atomic E-state index is 12.2. The molecule has 0 spiro atoms. The van der Waals surface area contributed by atoms with Crippen molar-refractivity contribution in [1.29, 1.82) is 0 Å². The van der Waals surface area contributed by atoms with Crippen LogP contribution in [0.4, 0.5) is 5.69 Å². The molecule has 0 radical (unpaired) electrons. The van der Waals surface area contributed by atoms with Gasteiger partial charge in [-0.25, -0.2) is 13.2 Å². The quantitative estimate of drug-likeness (QED) is 0.878. The number of sulfone groups is 1. The van der Waals surface area contributed by atoms with Gasteiger partial charge in [-0.2, -0.15) is 0 Å². The predicted molar refractivity (Wildman–Crippen MR) is 78.5 cm³/mol. The van der Waals surface area contributed by atoms with Crippen LogP contribution in [0.15, 0.2) is 18.2 Å². The number of benzene rings is 1. The summed E-state index contributed by atoms with van der Waals surface area (Å²) in [6.07, 6.45) is 2.31. The summed E-state index contributed by atoms with van der Waals surface area (Å²) in [6, 6.07) is 3.92. The minimum absolute atomic E-state index is 0.0256. The average molecular weight is 332 g/mol. The third-order valence-corrected chi connectivity index (χ3v) is 6.07. The highest BCUT2D eigenvalue weighted by atomic mass is 35.5. The molecule has 8 heteroatoms. The summed E-state index contributed by atoms with van der Waals surface area (Å²) in [5.41, 5.74) is 0.182. The van der Waals surface area contributed by atoms with Crippen LogP contribution < -0.4 is 5.32 Å². The molecule has 1 fully saturated rings. The molecule has 2 N–H and O–H groups in total. The molecule has 1 aliphatic rings. The van der Waals surface area contributed by atoms with Crippen LogP contribution in [0.5, 0.6) is 0 Å². The summed E-state index contributed by atoms with van der Waals surface area (Å²) in [5, 5.41) is 11.3. The van der Waals surface area contributed by atoms with Gasteiger partial charge in [-0.1, -0.05) is 11.6 Å². The Morgan fingerprint density at radius 2 is 1.95 bits per heavy atom. The number of aromatic carboxylic acids is 1. The summed E-state index contributed by atoms with van der Waals surface area (Å²) in [7, 11) is -3.52. The van der Waals surface area contributed by atoms with Gasteiger partial charge < -0.3 is 10.4 Å². The first kappa shape index (κ1) is 15.8. The Morgan fingerprint density at radius 1 is 1.33 bits per heavy atom. The number of rotatable bonds is 4. The fourth-order valence-corrected chi connectivity index (χ4v) is 3.95. The van der Waals surface area contributed by atoms with Gasteiger partial charge in [0, 0.05) is 11.9 Å². The Hall–Kier alpha value is -1.60. The number of halogens is 1. The normalized spacial score (nSPS) is 16.9. The second-order valence-electron chi connectivity index (χ2n) is 5.07. The number of hydrogen-bond acceptors (Lipinski definition) is 4. The standard InChI is InChI=1S/C13H14ClNO5S/c1-21(19,20)13(5-2-6-13)12(18)15-8-3-4-9(11(16)17)10(14)7-8/h3-4,7H,2,5-6H2,1H3,(H,15,18)(H,16,17). The number of carbonyl (C=O) groups is 2. The fraction of sp³-hybridized carbons (Fsp3) is 0.385. The van der Waals surface area contributed by atoms with Gasteiger partial charge in [-0.05, 0) is 37.5 Å². The molecule has 6 nitrogen and oxygen atoms in total. The predicted octanol–water partition coefficient (Wildman–Crippen LogP) is 1.94. The largest absolute Gasteiger partial charge is 0.478 e. The topological polar surface area (TPSA) is 101 Å². The monoisotopic (exact) mass is 331 g/mol. The number of hydrogen-bond donors (Lipinski definition) is 2. The lowest BCUT2D eigenvalue weighted by atomic mass is 9.83. The van der Waals surface area contributed by atoms with Crippen molar-refractivity contribution in [3.63, 3.8) is 0 Å². The highest BCUT2D eigenvalue weighted by Crippen LogP contribution is 2.40. The Kier molecular flexibility index (Phi) is 3.99. The van der Waals surface area contributed by atoms with Gasteiger partial charge in [0.05, 0.1) is 10.6 Å². The lowest BCUT2D eigenvalue weighted by Gasteiger charge is -2.38. The minimum atomic E-state index is -3.52. The van der Waals surface area contributed by atoms with Crippen LogP contribution in [-0.2, 0) is 14.6 Å². The van der Waals surface area contributed by atoms with Gasteiger partial charge in [0.15, 0.2) is 14.6 Å². The summed E-state index contributed by atoms with van der Waals surface area (Å²) < 4.78 is 22.2. The first-order valence-corrected chi connectivity index (χ1v) is 8.48. The Morgan fingerprint density at radius 3 is 2.33 bits per heavy atom. The second kappa shape index (κ2) is 5.31. The van der Waals surface area contributed by atoms with Crippen molar-refractivity contribution < 1.29 is 23.1 Å². The molecule has 114 valence electrons. The van der Waals surface area contributed by atoms with E-state index >= 15 is 0 Å². The van der Waals surface area contributed by atoms with Crippen molar-refractivity contribution in [2.45, 2.75) is 24.0 Å². The second-order valence-corrected chi connectivity index (χ2v) is 7.81. The molecular formula is C13H14ClNO5S.